The van der Waals surface area contributed by atoms with Crippen molar-refractivity contribution in [3.63, 3.8) is 0 Å². The number of carbonyl (C=O) groups excluding carboxylic acids is 1. The van der Waals surface area contributed by atoms with Crippen molar-refractivity contribution in [2.45, 2.75) is 49.9 Å². The Morgan fingerprint density at radius 3 is 2.93 bits per heavy atom. The third-order valence-corrected chi connectivity index (χ3v) is 7.61. The summed E-state index contributed by atoms with van der Waals surface area (Å²) in [6.07, 6.45) is 3.36. The van der Waals surface area contributed by atoms with E-state index < -0.39 is 0 Å². The number of rotatable bonds is 3. The molecular weight excluding hydrogens is 350 g/mol. The molecule has 2 aliphatic carbocycles. The van der Waals surface area contributed by atoms with Crippen LogP contribution in [-0.2, 0) is 23.2 Å². The minimum absolute atomic E-state index is 0.137. The minimum Gasteiger partial charge on any atom is -0.485 e. The van der Waals surface area contributed by atoms with E-state index in [4.69, 9.17) is 9.47 Å². The summed E-state index contributed by atoms with van der Waals surface area (Å²) in [7, 11) is 2.24. The van der Waals surface area contributed by atoms with Gasteiger partial charge in [0.15, 0.2) is 23.4 Å². The van der Waals surface area contributed by atoms with Gasteiger partial charge in [-0.15, -0.1) is 0 Å². The number of ketones is 1. The number of hydrogen-bond donors (Lipinski definition) is 0. The van der Waals surface area contributed by atoms with Gasteiger partial charge in [-0.2, -0.15) is 0 Å². The van der Waals surface area contributed by atoms with E-state index in [2.05, 4.69) is 30.1 Å². The Balaban J connectivity index is 1.45. The van der Waals surface area contributed by atoms with E-state index in [-0.39, 0.29) is 17.3 Å². The van der Waals surface area contributed by atoms with E-state index in [0.29, 0.717) is 25.0 Å². The number of likely N-dealkylation sites (tertiary alicyclic amines) is 1. The van der Waals surface area contributed by atoms with Gasteiger partial charge in [0.05, 0.1) is 0 Å². The van der Waals surface area contributed by atoms with Crippen LogP contribution in [0.1, 0.15) is 36.0 Å². The zero-order valence-electron chi connectivity index (χ0n) is 16.2. The molecule has 4 nitrogen and oxygen atoms in total. The molecule has 0 aromatic heterocycles. The van der Waals surface area contributed by atoms with Gasteiger partial charge in [0.1, 0.15) is 6.61 Å². The molecule has 0 amide bonds. The quantitative estimate of drug-likeness (QED) is 0.823. The molecule has 1 spiro atoms. The fourth-order valence-electron chi connectivity index (χ4n) is 6.36. The zero-order chi connectivity index (χ0) is 18.9. The van der Waals surface area contributed by atoms with Crippen molar-refractivity contribution in [2.24, 2.45) is 5.92 Å². The summed E-state index contributed by atoms with van der Waals surface area (Å²) in [5, 5.41) is 0. The van der Waals surface area contributed by atoms with Crippen LogP contribution in [0.3, 0.4) is 0 Å². The number of hydrogen-bond acceptors (Lipinski definition) is 4. The fraction of sp³-hybridized carbons (Fsp3) is 0.458. The number of likely N-dealkylation sites (N-methyl/N-ethyl adjacent to an activating group) is 1. The molecule has 2 fully saturated rings. The molecule has 2 aromatic rings. The highest BCUT2D eigenvalue weighted by molar-refractivity contribution is 5.89. The summed E-state index contributed by atoms with van der Waals surface area (Å²) in [5.41, 5.74) is 3.65. The molecule has 1 saturated carbocycles. The first-order valence-electron chi connectivity index (χ1n) is 10.4. The van der Waals surface area contributed by atoms with Gasteiger partial charge in [0.2, 0.25) is 0 Å². The van der Waals surface area contributed by atoms with Crippen molar-refractivity contribution >= 4 is 5.78 Å². The van der Waals surface area contributed by atoms with Gasteiger partial charge < -0.3 is 14.4 Å². The number of Topliss-reactive ketones (excluding diaryl/α,β-unsaturated/α-hetero) is 1. The lowest BCUT2D eigenvalue weighted by Gasteiger charge is -2.57. The Morgan fingerprint density at radius 2 is 2.07 bits per heavy atom. The molecule has 1 saturated heterocycles. The zero-order valence-corrected chi connectivity index (χ0v) is 16.2. The van der Waals surface area contributed by atoms with Crippen LogP contribution in [0.4, 0.5) is 0 Å². The minimum atomic E-state index is -0.321. The number of carbonyl (C=O) groups is 1. The van der Waals surface area contributed by atoms with Crippen molar-refractivity contribution in [1.82, 2.24) is 4.90 Å². The second kappa shape index (κ2) is 5.84. The highest BCUT2D eigenvalue weighted by Gasteiger charge is 2.65. The third kappa shape index (κ3) is 2.07. The van der Waals surface area contributed by atoms with Crippen LogP contribution in [0.15, 0.2) is 42.5 Å². The lowest BCUT2D eigenvalue weighted by atomic mass is 9.52. The summed E-state index contributed by atoms with van der Waals surface area (Å²) in [6, 6.07) is 15.0. The van der Waals surface area contributed by atoms with Crippen molar-refractivity contribution in [2.75, 3.05) is 13.6 Å². The van der Waals surface area contributed by atoms with Gasteiger partial charge >= 0.3 is 0 Å². The molecule has 0 unspecified atom stereocenters. The summed E-state index contributed by atoms with van der Waals surface area (Å²) >= 11 is 0. The molecule has 2 aromatic carbocycles. The van der Waals surface area contributed by atoms with Gasteiger partial charge in [-0.25, -0.2) is 0 Å². The van der Waals surface area contributed by atoms with Crippen LogP contribution in [0.2, 0.25) is 0 Å². The van der Waals surface area contributed by atoms with Gasteiger partial charge in [0.25, 0.3) is 0 Å². The van der Waals surface area contributed by atoms with Gasteiger partial charge in [-0.3, -0.25) is 4.79 Å². The van der Waals surface area contributed by atoms with E-state index in [0.717, 1.165) is 42.9 Å². The first-order valence-corrected chi connectivity index (χ1v) is 10.4. The van der Waals surface area contributed by atoms with Crippen LogP contribution >= 0.6 is 0 Å². The largest absolute Gasteiger partial charge is 0.485 e. The van der Waals surface area contributed by atoms with E-state index in [1.165, 1.54) is 11.1 Å². The van der Waals surface area contributed by atoms with Gasteiger partial charge in [-0.05, 0) is 56.0 Å². The van der Waals surface area contributed by atoms with E-state index in [1.807, 2.05) is 24.3 Å². The van der Waals surface area contributed by atoms with Crippen LogP contribution in [0.5, 0.6) is 11.5 Å². The average Bonchev–Trinajstić information content (AvgIpc) is 3.07. The molecule has 4 atom stereocenters. The molecule has 2 aliphatic heterocycles. The maximum atomic E-state index is 12.9. The fourth-order valence-corrected chi connectivity index (χ4v) is 6.36. The molecule has 28 heavy (non-hydrogen) atoms. The number of benzene rings is 2. The SMILES string of the molecule is CN1CC[C@@]23c4c5ccc(OCc6ccccc6)c4O[C@@H]2C(=O)CC[C@@H]3[C@@H]1C5. The Bertz CT molecular complexity index is 956. The maximum Gasteiger partial charge on any atom is 0.174 e. The van der Waals surface area contributed by atoms with E-state index in [9.17, 15) is 4.79 Å². The molecule has 2 heterocycles. The highest BCUT2D eigenvalue weighted by atomic mass is 16.5. The predicted molar refractivity (Wildman–Crippen MR) is 106 cm³/mol. The van der Waals surface area contributed by atoms with Crippen molar-refractivity contribution in [1.29, 1.82) is 0 Å². The van der Waals surface area contributed by atoms with Crippen molar-refractivity contribution in [3.8, 4) is 11.5 Å². The Morgan fingerprint density at radius 1 is 1.21 bits per heavy atom. The lowest BCUT2D eigenvalue weighted by molar-refractivity contribution is -0.138. The number of ether oxygens (including phenoxy) is 2. The number of piperidine rings is 1. The molecule has 144 valence electrons. The van der Waals surface area contributed by atoms with Gasteiger partial charge in [-0.1, -0.05) is 36.4 Å². The Kier molecular flexibility index (Phi) is 3.46. The molecule has 4 heteroatoms. The van der Waals surface area contributed by atoms with Crippen LogP contribution in [-0.4, -0.2) is 36.4 Å². The van der Waals surface area contributed by atoms with Crippen LogP contribution < -0.4 is 9.47 Å². The first kappa shape index (κ1) is 16.6. The summed E-state index contributed by atoms with van der Waals surface area (Å²) in [6.45, 7) is 1.54. The molecule has 0 N–H and O–H groups in total. The molecule has 2 bridgehead atoms. The second-order valence-corrected chi connectivity index (χ2v) is 8.85. The summed E-state index contributed by atoms with van der Waals surface area (Å²) in [5.74, 6) is 2.42. The predicted octanol–water partition coefficient (Wildman–Crippen LogP) is 3.50. The molecular formula is C24H25NO3. The normalized spacial score (nSPS) is 32.6. The third-order valence-electron chi connectivity index (χ3n) is 7.61. The number of nitrogens with zero attached hydrogens (tertiary/aromatic N) is 1. The van der Waals surface area contributed by atoms with Gasteiger partial charge in [0, 0.05) is 23.4 Å². The monoisotopic (exact) mass is 375 g/mol. The van der Waals surface area contributed by atoms with Crippen molar-refractivity contribution in [3.05, 3.63) is 59.2 Å². The maximum absolute atomic E-state index is 12.9. The second-order valence-electron chi connectivity index (χ2n) is 8.85. The summed E-state index contributed by atoms with van der Waals surface area (Å²) < 4.78 is 12.7. The average molecular weight is 375 g/mol. The van der Waals surface area contributed by atoms with Crippen molar-refractivity contribution < 1.29 is 14.3 Å². The summed E-state index contributed by atoms with van der Waals surface area (Å²) in [4.78, 5) is 15.4. The van der Waals surface area contributed by atoms with Crippen LogP contribution in [0.25, 0.3) is 0 Å². The van der Waals surface area contributed by atoms with E-state index in [1.54, 1.807) is 0 Å². The lowest BCUT2D eigenvalue weighted by Crippen LogP contribution is -2.65. The molecule has 0 radical (unpaired) electrons. The van der Waals surface area contributed by atoms with Crippen LogP contribution in [0, 0.1) is 5.92 Å². The smallest absolute Gasteiger partial charge is 0.174 e. The van der Waals surface area contributed by atoms with E-state index >= 15 is 0 Å². The molecule has 4 aliphatic rings. The highest BCUT2D eigenvalue weighted by Crippen LogP contribution is 2.63. The topological polar surface area (TPSA) is 38.8 Å². The molecule has 6 rings (SSSR count). The Labute approximate surface area is 165 Å². The standard InChI is InChI=1S/C24H25NO3/c1-25-12-11-24-17-8-9-19(26)23(24)28-22-20(27-14-15-5-3-2-4-6-15)10-7-16(21(22)24)13-18(17)25/h2-7,10,17-18,23H,8-9,11-14H2,1H3/t17-,18+,23-,24-/m1/s1. The Hall–Kier alpha value is -2.33. The first-order chi connectivity index (χ1) is 13.7.